The first-order valence-electron chi connectivity index (χ1n) is 10.1. The molecule has 0 radical (unpaired) electrons. The zero-order chi connectivity index (χ0) is 22.3. The van der Waals surface area contributed by atoms with Gasteiger partial charge in [-0.25, -0.2) is 24.6 Å². The number of nitrogens with zero attached hydrogens (tertiary/aromatic N) is 6. The number of imidazole rings is 1. The Morgan fingerprint density at radius 2 is 1.91 bits per heavy atom. The van der Waals surface area contributed by atoms with Crippen LogP contribution in [0.2, 0.25) is 0 Å². The van der Waals surface area contributed by atoms with Crippen molar-refractivity contribution in [3.63, 3.8) is 0 Å². The number of benzene rings is 2. The standard InChI is InChI=1S/C23H22N8O/c1-23(2,9-14-10-26-22(24)27-11-14)15-3-6-18-19(7-15)30-21(29-18)17-5-4-16(32)8-20(17)31-13-25-12-28-31/h3-8,10-13,32H,9H2,1-2H3,(H,29,30)(H2,24,26,27). The van der Waals surface area contributed by atoms with Crippen LogP contribution >= 0.6 is 0 Å². The minimum atomic E-state index is -0.149. The molecule has 0 saturated heterocycles. The van der Waals surface area contributed by atoms with E-state index in [1.165, 1.54) is 11.9 Å². The SMILES string of the molecule is CC(C)(Cc1cnc(N)nc1)c1ccc2nc(-c3ccc(O)cc3-n3cncn3)[nH]c2c1. The van der Waals surface area contributed by atoms with Crippen LogP contribution in [0.1, 0.15) is 25.0 Å². The van der Waals surface area contributed by atoms with E-state index in [2.05, 4.69) is 51.0 Å². The number of hydrogen-bond acceptors (Lipinski definition) is 7. The van der Waals surface area contributed by atoms with Crippen LogP contribution in [0, 0.1) is 0 Å². The molecule has 0 saturated carbocycles. The molecule has 5 aromatic rings. The third kappa shape index (κ3) is 3.64. The molecule has 0 spiro atoms. The Kier molecular flexibility index (Phi) is 4.58. The van der Waals surface area contributed by atoms with E-state index in [-0.39, 0.29) is 17.1 Å². The van der Waals surface area contributed by atoms with Gasteiger partial charge in [-0.15, -0.1) is 0 Å². The lowest BCUT2D eigenvalue weighted by atomic mass is 9.79. The number of phenolic OH excluding ortho intramolecular Hbond substituents is 1. The normalized spacial score (nSPS) is 11.8. The van der Waals surface area contributed by atoms with E-state index >= 15 is 0 Å². The molecule has 0 fully saturated rings. The molecule has 0 bridgehead atoms. The summed E-state index contributed by atoms with van der Waals surface area (Å²) >= 11 is 0. The van der Waals surface area contributed by atoms with Crippen molar-refractivity contribution in [2.24, 2.45) is 0 Å². The van der Waals surface area contributed by atoms with Gasteiger partial charge in [-0.1, -0.05) is 19.9 Å². The number of aromatic nitrogens is 7. The average Bonchev–Trinajstić information content (AvgIpc) is 3.44. The van der Waals surface area contributed by atoms with Crippen molar-refractivity contribution in [1.82, 2.24) is 34.7 Å². The maximum atomic E-state index is 9.98. The van der Waals surface area contributed by atoms with Gasteiger partial charge in [-0.05, 0) is 47.2 Å². The van der Waals surface area contributed by atoms with E-state index in [1.807, 2.05) is 12.1 Å². The quantitative estimate of drug-likeness (QED) is 0.392. The Morgan fingerprint density at radius 3 is 2.66 bits per heavy atom. The minimum absolute atomic E-state index is 0.144. The van der Waals surface area contributed by atoms with E-state index in [1.54, 1.807) is 35.5 Å². The molecule has 0 unspecified atom stereocenters. The molecule has 4 N–H and O–H groups in total. The van der Waals surface area contributed by atoms with Crippen molar-refractivity contribution >= 4 is 17.0 Å². The molecular weight excluding hydrogens is 404 g/mol. The van der Waals surface area contributed by atoms with Crippen LogP contribution < -0.4 is 5.73 Å². The van der Waals surface area contributed by atoms with Gasteiger partial charge in [0.05, 0.1) is 16.7 Å². The van der Waals surface area contributed by atoms with Gasteiger partial charge in [0.15, 0.2) is 0 Å². The van der Waals surface area contributed by atoms with Crippen molar-refractivity contribution in [3.05, 3.63) is 72.6 Å². The monoisotopic (exact) mass is 426 g/mol. The Labute approximate surface area is 184 Å². The molecule has 5 rings (SSSR count). The molecule has 3 heterocycles. The van der Waals surface area contributed by atoms with Crippen molar-refractivity contribution in [3.8, 4) is 22.8 Å². The van der Waals surface area contributed by atoms with Gasteiger partial charge in [0.1, 0.15) is 24.2 Å². The molecule has 9 heteroatoms. The first kappa shape index (κ1) is 19.7. The molecule has 9 nitrogen and oxygen atoms in total. The maximum absolute atomic E-state index is 9.98. The lowest BCUT2D eigenvalue weighted by Crippen LogP contribution is -2.20. The summed E-state index contributed by atoms with van der Waals surface area (Å²) in [6.45, 7) is 4.37. The van der Waals surface area contributed by atoms with Gasteiger partial charge in [0.2, 0.25) is 5.95 Å². The van der Waals surface area contributed by atoms with Gasteiger partial charge in [0, 0.05) is 24.0 Å². The zero-order valence-electron chi connectivity index (χ0n) is 17.7. The summed E-state index contributed by atoms with van der Waals surface area (Å²) in [6, 6.07) is 11.3. The number of rotatable bonds is 5. The summed E-state index contributed by atoms with van der Waals surface area (Å²) < 4.78 is 1.60. The number of nitrogens with one attached hydrogen (secondary N) is 1. The van der Waals surface area contributed by atoms with Crippen LogP contribution in [0.3, 0.4) is 0 Å². The smallest absolute Gasteiger partial charge is 0.219 e. The summed E-state index contributed by atoms with van der Waals surface area (Å²) in [5, 5.41) is 14.2. The Morgan fingerprint density at radius 1 is 1.09 bits per heavy atom. The van der Waals surface area contributed by atoms with Gasteiger partial charge in [0.25, 0.3) is 0 Å². The van der Waals surface area contributed by atoms with Gasteiger partial charge in [-0.3, -0.25) is 0 Å². The first-order chi connectivity index (χ1) is 15.4. The molecule has 0 aliphatic heterocycles. The number of aromatic hydroxyl groups is 1. The van der Waals surface area contributed by atoms with Crippen LogP contribution in [0.15, 0.2) is 61.4 Å². The second-order valence-electron chi connectivity index (χ2n) is 8.37. The molecule has 3 aromatic heterocycles. The average molecular weight is 426 g/mol. The van der Waals surface area contributed by atoms with Crippen LogP contribution in [0.4, 0.5) is 5.95 Å². The molecule has 0 atom stereocenters. The van der Waals surface area contributed by atoms with Crippen LogP contribution in [0.5, 0.6) is 5.75 Å². The molecular formula is C23H22N8O. The van der Waals surface area contributed by atoms with E-state index in [0.29, 0.717) is 11.5 Å². The highest BCUT2D eigenvalue weighted by Crippen LogP contribution is 2.32. The summed E-state index contributed by atoms with van der Waals surface area (Å²) in [7, 11) is 0. The highest BCUT2D eigenvalue weighted by atomic mass is 16.3. The lowest BCUT2D eigenvalue weighted by molar-refractivity contribution is 0.475. The van der Waals surface area contributed by atoms with Crippen molar-refractivity contribution in [2.45, 2.75) is 25.7 Å². The Hall–Kier alpha value is -4.27. The third-order valence-electron chi connectivity index (χ3n) is 5.54. The maximum Gasteiger partial charge on any atom is 0.219 e. The second kappa shape index (κ2) is 7.45. The van der Waals surface area contributed by atoms with E-state index < -0.39 is 0 Å². The first-order valence-corrected chi connectivity index (χ1v) is 10.1. The third-order valence-corrected chi connectivity index (χ3v) is 5.54. The van der Waals surface area contributed by atoms with Gasteiger partial charge < -0.3 is 15.8 Å². The molecule has 0 aliphatic rings. The summed E-state index contributed by atoms with van der Waals surface area (Å²) in [5.41, 5.74) is 10.9. The topological polar surface area (TPSA) is 131 Å². The predicted molar refractivity (Wildman–Crippen MR) is 121 cm³/mol. The highest BCUT2D eigenvalue weighted by Gasteiger charge is 2.23. The van der Waals surface area contributed by atoms with E-state index in [0.717, 1.165) is 28.6 Å². The number of nitrogens with two attached hydrogens (primary N) is 1. The number of fused-ring (bicyclic) bond motifs is 1. The number of anilines is 1. The molecule has 2 aromatic carbocycles. The summed E-state index contributed by atoms with van der Waals surface area (Å²) in [4.78, 5) is 20.4. The van der Waals surface area contributed by atoms with Crippen molar-refractivity contribution in [2.75, 3.05) is 5.73 Å². The van der Waals surface area contributed by atoms with Gasteiger partial charge in [-0.2, -0.15) is 5.10 Å². The Balaban J connectivity index is 1.52. The predicted octanol–water partition coefficient (Wildman–Crippen LogP) is 3.41. The lowest BCUT2D eigenvalue weighted by Gasteiger charge is -2.25. The van der Waals surface area contributed by atoms with E-state index in [4.69, 9.17) is 10.7 Å². The molecule has 160 valence electrons. The summed E-state index contributed by atoms with van der Waals surface area (Å²) in [6.07, 6.45) is 7.35. The molecule has 32 heavy (non-hydrogen) atoms. The highest BCUT2D eigenvalue weighted by molar-refractivity contribution is 5.82. The number of nitrogen functional groups attached to an aromatic ring is 1. The number of H-pyrrole nitrogens is 1. The fraction of sp³-hybridized carbons (Fsp3) is 0.174. The molecule has 0 amide bonds. The van der Waals surface area contributed by atoms with E-state index in [9.17, 15) is 5.11 Å². The number of hydrogen-bond donors (Lipinski definition) is 3. The van der Waals surface area contributed by atoms with Crippen LogP contribution in [0.25, 0.3) is 28.1 Å². The Bertz CT molecular complexity index is 1390. The minimum Gasteiger partial charge on any atom is -0.508 e. The van der Waals surface area contributed by atoms with Crippen molar-refractivity contribution in [1.29, 1.82) is 0 Å². The van der Waals surface area contributed by atoms with Crippen LogP contribution in [-0.4, -0.2) is 39.8 Å². The number of aromatic amines is 1. The zero-order valence-corrected chi connectivity index (χ0v) is 17.7. The summed E-state index contributed by atoms with van der Waals surface area (Å²) in [5.74, 6) is 1.11. The van der Waals surface area contributed by atoms with Crippen LogP contribution in [-0.2, 0) is 11.8 Å². The fourth-order valence-corrected chi connectivity index (χ4v) is 3.87. The van der Waals surface area contributed by atoms with Gasteiger partial charge >= 0.3 is 0 Å². The second-order valence-corrected chi connectivity index (χ2v) is 8.37. The molecule has 0 aliphatic carbocycles. The number of phenols is 1. The van der Waals surface area contributed by atoms with Crippen molar-refractivity contribution < 1.29 is 5.11 Å². The fourth-order valence-electron chi connectivity index (χ4n) is 3.87. The largest absolute Gasteiger partial charge is 0.508 e.